The summed E-state index contributed by atoms with van der Waals surface area (Å²) in [5.41, 5.74) is 2.33. The van der Waals surface area contributed by atoms with Crippen LogP contribution in [0.3, 0.4) is 0 Å². The van der Waals surface area contributed by atoms with Gasteiger partial charge in [-0.25, -0.2) is 4.98 Å². The molecule has 2 aromatic rings. The molecule has 1 fully saturated rings. The molecule has 1 aromatic carbocycles. The molecule has 1 heterocycles. The third-order valence-corrected chi connectivity index (χ3v) is 3.66. The summed E-state index contributed by atoms with van der Waals surface area (Å²) in [5.74, 6) is 1.55. The van der Waals surface area contributed by atoms with E-state index in [9.17, 15) is 4.79 Å². The van der Waals surface area contributed by atoms with Crippen LogP contribution in [0.15, 0.2) is 36.7 Å². The second-order valence-corrected chi connectivity index (χ2v) is 5.30. The number of benzene rings is 1. The molecule has 1 saturated carbocycles. The zero-order valence-corrected chi connectivity index (χ0v) is 11.4. The third-order valence-electron chi connectivity index (χ3n) is 3.66. The first kappa shape index (κ1) is 12.8. The smallest absolute Gasteiger partial charge is 0.150 e. The molecular weight excluding hydrogens is 250 g/mol. The van der Waals surface area contributed by atoms with Gasteiger partial charge in [0.2, 0.25) is 0 Å². The van der Waals surface area contributed by atoms with Crippen LogP contribution in [0, 0.1) is 5.92 Å². The molecule has 1 atom stereocenters. The largest absolute Gasteiger partial charge is 0.366 e. The lowest BCUT2D eigenvalue weighted by Crippen LogP contribution is -2.18. The Morgan fingerprint density at radius 2 is 2.20 bits per heavy atom. The van der Waals surface area contributed by atoms with E-state index in [1.165, 1.54) is 12.8 Å². The van der Waals surface area contributed by atoms with Crippen LogP contribution in [0.4, 0.5) is 5.82 Å². The van der Waals surface area contributed by atoms with Gasteiger partial charge in [-0.1, -0.05) is 18.2 Å². The molecule has 20 heavy (non-hydrogen) atoms. The number of rotatable bonds is 5. The maximum absolute atomic E-state index is 10.8. The fourth-order valence-corrected chi connectivity index (χ4v) is 2.29. The van der Waals surface area contributed by atoms with Gasteiger partial charge in [0, 0.05) is 17.2 Å². The monoisotopic (exact) mass is 267 g/mol. The van der Waals surface area contributed by atoms with E-state index in [0.29, 0.717) is 11.6 Å². The highest BCUT2D eigenvalue weighted by Gasteiger charge is 2.28. The number of nitrogens with one attached hydrogen (secondary N) is 1. The first-order valence-electron chi connectivity index (χ1n) is 6.90. The fourth-order valence-electron chi connectivity index (χ4n) is 2.29. The van der Waals surface area contributed by atoms with E-state index in [-0.39, 0.29) is 0 Å². The Hall–Kier alpha value is -2.23. The van der Waals surface area contributed by atoms with Crippen LogP contribution in [0.1, 0.15) is 30.1 Å². The maximum atomic E-state index is 10.8. The third kappa shape index (κ3) is 2.85. The molecule has 0 bridgehead atoms. The Morgan fingerprint density at radius 3 is 2.95 bits per heavy atom. The van der Waals surface area contributed by atoms with Crippen molar-refractivity contribution < 1.29 is 4.79 Å². The Morgan fingerprint density at radius 1 is 1.35 bits per heavy atom. The van der Waals surface area contributed by atoms with Crippen LogP contribution < -0.4 is 5.32 Å². The quantitative estimate of drug-likeness (QED) is 0.845. The molecule has 0 saturated heterocycles. The van der Waals surface area contributed by atoms with Gasteiger partial charge in [-0.05, 0) is 31.7 Å². The summed E-state index contributed by atoms with van der Waals surface area (Å²) in [4.78, 5) is 19.7. The summed E-state index contributed by atoms with van der Waals surface area (Å²) in [6.07, 6.45) is 6.89. The summed E-state index contributed by atoms with van der Waals surface area (Å²) in [5, 5.41) is 3.40. The van der Waals surface area contributed by atoms with Crippen LogP contribution in [-0.2, 0) is 0 Å². The number of aldehydes is 1. The fraction of sp³-hybridized carbons (Fsp3) is 0.312. The Kier molecular flexibility index (Phi) is 3.46. The summed E-state index contributed by atoms with van der Waals surface area (Å²) in [7, 11) is 0. The molecule has 1 aliphatic carbocycles. The Bertz CT molecular complexity index is 623. The van der Waals surface area contributed by atoms with Crippen molar-refractivity contribution in [1.82, 2.24) is 9.97 Å². The first-order chi connectivity index (χ1) is 9.76. The van der Waals surface area contributed by atoms with E-state index >= 15 is 0 Å². The molecule has 1 aromatic heterocycles. The highest BCUT2D eigenvalue weighted by Crippen LogP contribution is 2.33. The Balaban J connectivity index is 1.84. The van der Waals surface area contributed by atoms with Crippen LogP contribution >= 0.6 is 0 Å². The molecule has 3 rings (SSSR count). The van der Waals surface area contributed by atoms with E-state index < -0.39 is 0 Å². The molecular formula is C16H17N3O. The zero-order chi connectivity index (χ0) is 13.9. The van der Waals surface area contributed by atoms with Crippen LogP contribution in [0.5, 0.6) is 0 Å². The van der Waals surface area contributed by atoms with Crippen molar-refractivity contribution in [1.29, 1.82) is 0 Å². The number of carbonyl (C=O) groups is 1. The average Bonchev–Trinajstić information content (AvgIpc) is 3.32. The van der Waals surface area contributed by atoms with Gasteiger partial charge in [0.15, 0.2) is 0 Å². The van der Waals surface area contributed by atoms with Gasteiger partial charge in [0.05, 0.1) is 18.1 Å². The highest BCUT2D eigenvalue weighted by atomic mass is 16.1. The minimum atomic E-state index is 0.431. The van der Waals surface area contributed by atoms with E-state index in [1.807, 2.05) is 18.2 Å². The molecule has 1 aliphatic rings. The van der Waals surface area contributed by atoms with Gasteiger partial charge in [-0.3, -0.25) is 9.78 Å². The number of hydrogen-bond acceptors (Lipinski definition) is 4. The molecule has 0 unspecified atom stereocenters. The van der Waals surface area contributed by atoms with Crippen molar-refractivity contribution in [3.05, 3.63) is 42.2 Å². The van der Waals surface area contributed by atoms with E-state index in [1.54, 1.807) is 18.5 Å². The maximum Gasteiger partial charge on any atom is 0.150 e. The van der Waals surface area contributed by atoms with Crippen molar-refractivity contribution in [2.75, 3.05) is 5.32 Å². The lowest BCUT2D eigenvalue weighted by molar-refractivity contribution is 0.112. The predicted molar refractivity (Wildman–Crippen MR) is 78.7 cm³/mol. The molecule has 4 heteroatoms. The molecule has 102 valence electrons. The van der Waals surface area contributed by atoms with E-state index in [0.717, 1.165) is 29.3 Å². The molecule has 0 amide bonds. The van der Waals surface area contributed by atoms with Crippen molar-refractivity contribution >= 4 is 12.1 Å². The number of nitrogens with zero attached hydrogens (tertiary/aromatic N) is 2. The SMILES string of the molecule is C[C@H](Nc1cncc(-c2cccc(C=O)c2)n1)C1CC1. The van der Waals surface area contributed by atoms with Gasteiger partial charge in [0.25, 0.3) is 0 Å². The molecule has 1 N–H and O–H groups in total. The van der Waals surface area contributed by atoms with Crippen LogP contribution in [0.25, 0.3) is 11.3 Å². The lowest BCUT2D eigenvalue weighted by atomic mass is 10.1. The van der Waals surface area contributed by atoms with Crippen LogP contribution in [0.2, 0.25) is 0 Å². The summed E-state index contributed by atoms with van der Waals surface area (Å²) in [6.45, 7) is 2.18. The second-order valence-electron chi connectivity index (χ2n) is 5.30. The number of anilines is 1. The molecule has 0 spiro atoms. The normalized spacial score (nSPS) is 15.7. The van der Waals surface area contributed by atoms with Gasteiger partial charge in [-0.15, -0.1) is 0 Å². The average molecular weight is 267 g/mol. The Labute approximate surface area is 118 Å². The first-order valence-corrected chi connectivity index (χ1v) is 6.90. The van der Waals surface area contributed by atoms with E-state index in [4.69, 9.17) is 0 Å². The van der Waals surface area contributed by atoms with Gasteiger partial charge in [0.1, 0.15) is 12.1 Å². The standard InChI is InChI=1S/C16H17N3O/c1-11(13-5-6-13)18-16-9-17-8-15(19-16)14-4-2-3-12(7-14)10-20/h2-4,7-11,13H,5-6H2,1H3,(H,18,19)/t11-/m0/s1. The second kappa shape index (κ2) is 5.41. The number of aromatic nitrogens is 2. The van der Waals surface area contributed by atoms with E-state index in [2.05, 4.69) is 22.2 Å². The van der Waals surface area contributed by atoms with Gasteiger partial charge < -0.3 is 5.32 Å². The van der Waals surface area contributed by atoms with Crippen molar-refractivity contribution in [2.24, 2.45) is 5.92 Å². The lowest BCUT2D eigenvalue weighted by Gasteiger charge is -2.13. The topological polar surface area (TPSA) is 54.9 Å². The number of hydrogen-bond donors (Lipinski definition) is 1. The summed E-state index contributed by atoms with van der Waals surface area (Å²) >= 11 is 0. The summed E-state index contributed by atoms with van der Waals surface area (Å²) in [6, 6.07) is 7.83. The van der Waals surface area contributed by atoms with Crippen molar-refractivity contribution in [3.63, 3.8) is 0 Å². The zero-order valence-electron chi connectivity index (χ0n) is 11.4. The van der Waals surface area contributed by atoms with Crippen molar-refractivity contribution in [2.45, 2.75) is 25.8 Å². The minimum Gasteiger partial charge on any atom is -0.366 e. The van der Waals surface area contributed by atoms with Gasteiger partial charge in [-0.2, -0.15) is 0 Å². The molecule has 0 aliphatic heterocycles. The minimum absolute atomic E-state index is 0.431. The number of carbonyl (C=O) groups excluding carboxylic acids is 1. The molecule has 0 radical (unpaired) electrons. The highest BCUT2D eigenvalue weighted by molar-refractivity contribution is 5.78. The summed E-state index contributed by atoms with van der Waals surface area (Å²) < 4.78 is 0. The molecule has 4 nitrogen and oxygen atoms in total. The predicted octanol–water partition coefficient (Wildman–Crippen LogP) is 3.17. The van der Waals surface area contributed by atoms with Gasteiger partial charge >= 0.3 is 0 Å². The van der Waals surface area contributed by atoms with Crippen molar-refractivity contribution in [3.8, 4) is 11.3 Å². The van der Waals surface area contributed by atoms with Crippen LogP contribution in [-0.4, -0.2) is 22.3 Å².